The zero-order valence-electron chi connectivity index (χ0n) is 11.1. The number of aliphatic hydroxyl groups is 1. The van der Waals surface area contributed by atoms with Gasteiger partial charge in [-0.2, -0.15) is 5.10 Å². The van der Waals surface area contributed by atoms with Crippen LogP contribution in [0.25, 0.3) is 0 Å². The molecule has 0 saturated carbocycles. The summed E-state index contributed by atoms with van der Waals surface area (Å²) in [5.74, 6) is -1.47. The minimum absolute atomic E-state index is 0.301. The summed E-state index contributed by atoms with van der Waals surface area (Å²) in [5.41, 5.74) is 1.07. The number of halogens is 2. The Morgan fingerprint density at radius 3 is 2.63 bits per heavy atom. The highest BCUT2D eigenvalue weighted by atomic mass is 19.1. The van der Waals surface area contributed by atoms with Gasteiger partial charge < -0.3 is 5.11 Å². The Hall–Kier alpha value is -1.75. The van der Waals surface area contributed by atoms with Crippen molar-refractivity contribution in [3.05, 3.63) is 52.3 Å². The van der Waals surface area contributed by atoms with Gasteiger partial charge in [-0.15, -0.1) is 0 Å². The van der Waals surface area contributed by atoms with E-state index in [1.807, 2.05) is 6.92 Å². The van der Waals surface area contributed by atoms with E-state index < -0.39 is 17.7 Å². The van der Waals surface area contributed by atoms with Gasteiger partial charge in [-0.25, -0.2) is 8.78 Å². The molecule has 1 unspecified atom stereocenters. The first-order chi connectivity index (χ1) is 8.95. The van der Waals surface area contributed by atoms with Crippen LogP contribution in [0.15, 0.2) is 18.2 Å². The fourth-order valence-corrected chi connectivity index (χ4v) is 2.12. The SMILES string of the molecule is CCn1nc(C)cc1C(O)c1c(F)ccc(C)c1F. The van der Waals surface area contributed by atoms with Crippen molar-refractivity contribution in [2.24, 2.45) is 0 Å². The van der Waals surface area contributed by atoms with Gasteiger partial charge in [0.25, 0.3) is 0 Å². The van der Waals surface area contributed by atoms with E-state index in [1.165, 1.54) is 13.0 Å². The normalized spacial score (nSPS) is 12.7. The second kappa shape index (κ2) is 5.09. The summed E-state index contributed by atoms with van der Waals surface area (Å²) in [6.45, 7) is 5.68. The molecule has 1 aromatic carbocycles. The highest BCUT2D eigenvalue weighted by Crippen LogP contribution is 2.28. The molecule has 0 saturated heterocycles. The van der Waals surface area contributed by atoms with Gasteiger partial charge in [-0.3, -0.25) is 4.68 Å². The van der Waals surface area contributed by atoms with Crippen molar-refractivity contribution >= 4 is 0 Å². The van der Waals surface area contributed by atoms with Crippen LogP contribution < -0.4 is 0 Å². The van der Waals surface area contributed by atoms with Crippen LogP contribution in [0.5, 0.6) is 0 Å². The molecule has 0 radical (unpaired) electrons. The third-order valence-corrected chi connectivity index (χ3v) is 3.11. The van der Waals surface area contributed by atoms with Crippen molar-refractivity contribution in [3.8, 4) is 0 Å². The van der Waals surface area contributed by atoms with Gasteiger partial charge in [0.1, 0.15) is 17.7 Å². The molecule has 0 bridgehead atoms. The maximum absolute atomic E-state index is 14.0. The summed E-state index contributed by atoms with van der Waals surface area (Å²) in [5, 5.41) is 14.4. The number of nitrogens with zero attached hydrogens (tertiary/aromatic N) is 2. The lowest BCUT2D eigenvalue weighted by molar-refractivity contribution is 0.197. The van der Waals surface area contributed by atoms with Crippen LogP contribution in [0.3, 0.4) is 0 Å². The van der Waals surface area contributed by atoms with Gasteiger partial charge in [-0.05, 0) is 38.5 Å². The van der Waals surface area contributed by atoms with E-state index in [0.717, 1.165) is 6.07 Å². The number of hydrogen-bond acceptors (Lipinski definition) is 2. The summed E-state index contributed by atoms with van der Waals surface area (Å²) in [7, 11) is 0. The van der Waals surface area contributed by atoms with E-state index in [9.17, 15) is 13.9 Å². The van der Waals surface area contributed by atoms with Crippen molar-refractivity contribution in [1.29, 1.82) is 0 Å². The molecule has 2 aromatic rings. The lowest BCUT2D eigenvalue weighted by Gasteiger charge is -2.15. The quantitative estimate of drug-likeness (QED) is 0.927. The number of rotatable bonds is 3. The van der Waals surface area contributed by atoms with Crippen LogP contribution in [-0.4, -0.2) is 14.9 Å². The Labute approximate surface area is 110 Å². The molecule has 19 heavy (non-hydrogen) atoms. The minimum Gasteiger partial charge on any atom is -0.382 e. The summed E-state index contributed by atoms with van der Waals surface area (Å²) in [6, 6.07) is 4.15. The number of benzene rings is 1. The van der Waals surface area contributed by atoms with Crippen LogP contribution >= 0.6 is 0 Å². The van der Waals surface area contributed by atoms with Crippen molar-refractivity contribution < 1.29 is 13.9 Å². The second-order valence-corrected chi connectivity index (χ2v) is 4.52. The molecule has 3 nitrogen and oxygen atoms in total. The molecule has 0 fully saturated rings. The van der Waals surface area contributed by atoms with E-state index in [2.05, 4.69) is 5.10 Å². The average molecular weight is 266 g/mol. The number of aromatic nitrogens is 2. The van der Waals surface area contributed by atoms with Crippen LogP contribution in [-0.2, 0) is 6.54 Å². The summed E-state index contributed by atoms with van der Waals surface area (Å²) in [4.78, 5) is 0. The Kier molecular flexibility index (Phi) is 3.66. The molecule has 1 atom stereocenters. The van der Waals surface area contributed by atoms with Gasteiger partial charge in [0.05, 0.1) is 17.0 Å². The molecule has 0 amide bonds. The first-order valence-corrected chi connectivity index (χ1v) is 6.12. The summed E-state index contributed by atoms with van der Waals surface area (Å²) >= 11 is 0. The van der Waals surface area contributed by atoms with E-state index in [4.69, 9.17) is 0 Å². The molecular formula is C14H16F2N2O. The molecule has 102 valence electrons. The van der Waals surface area contributed by atoms with Crippen LogP contribution in [0.4, 0.5) is 8.78 Å². The van der Waals surface area contributed by atoms with E-state index in [1.54, 1.807) is 17.7 Å². The van der Waals surface area contributed by atoms with E-state index in [0.29, 0.717) is 23.5 Å². The molecular weight excluding hydrogens is 250 g/mol. The number of aryl methyl sites for hydroxylation is 3. The van der Waals surface area contributed by atoms with E-state index in [-0.39, 0.29) is 5.56 Å². The topological polar surface area (TPSA) is 38.0 Å². The summed E-state index contributed by atoms with van der Waals surface area (Å²) in [6.07, 6.45) is -1.36. The Bertz CT molecular complexity index is 608. The van der Waals surface area contributed by atoms with Crippen LogP contribution in [0.2, 0.25) is 0 Å². The molecule has 2 rings (SSSR count). The predicted molar refractivity (Wildman–Crippen MR) is 67.8 cm³/mol. The highest BCUT2D eigenvalue weighted by Gasteiger charge is 2.24. The molecule has 1 N–H and O–H groups in total. The fourth-order valence-electron chi connectivity index (χ4n) is 2.12. The van der Waals surface area contributed by atoms with Gasteiger partial charge in [0.2, 0.25) is 0 Å². The fraction of sp³-hybridized carbons (Fsp3) is 0.357. The van der Waals surface area contributed by atoms with E-state index >= 15 is 0 Å². The number of hydrogen-bond donors (Lipinski definition) is 1. The standard InChI is InChI=1S/C14H16F2N2O/c1-4-18-11(7-9(3)17-18)14(19)12-10(15)6-5-8(2)13(12)16/h5-7,14,19H,4H2,1-3H3. The molecule has 1 aromatic heterocycles. The zero-order valence-corrected chi connectivity index (χ0v) is 11.1. The van der Waals surface area contributed by atoms with Gasteiger partial charge in [0, 0.05) is 6.54 Å². The van der Waals surface area contributed by atoms with Crippen LogP contribution in [0, 0.1) is 25.5 Å². The third kappa shape index (κ3) is 2.38. The molecule has 0 aliphatic carbocycles. The first kappa shape index (κ1) is 13.7. The maximum atomic E-state index is 14.0. The lowest BCUT2D eigenvalue weighted by Crippen LogP contribution is -2.12. The molecule has 0 aliphatic rings. The predicted octanol–water partition coefficient (Wildman–Crippen LogP) is 2.88. The van der Waals surface area contributed by atoms with Crippen molar-refractivity contribution in [3.63, 3.8) is 0 Å². The van der Waals surface area contributed by atoms with Crippen molar-refractivity contribution in [2.45, 2.75) is 33.4 Å². The Balaban J connectivity index is 2.55. The monoisotopic (exact) mass is 266 g/mol. The first-order valence-electron chi connectivity index (χ1n) is 6.12. The summed E-state index contributed by atoms with van der Waals surface area (Å²) < 4.78 is 29.3. The molecule has 5 heteroatoms. The lowest BCUT2D eigenvalue weighted by atomic mass is 10.0. The van der Waals surface area contributed by atoms with Gasteiger partial charge in [0.15, 0.2) is 0 Å². The van der Waals surface area contributed by atoms with Crippen LogP contribution in [0.1, 0.15) is 35.5 Å². The second-order valence-electron chi connectivity index (χ2n) is 4.52. The largest absolute Gasteiger partial charge is 0.382 e. The molecule has 0 spiro atoms. The molecule has 0 aliphatic heterocycles. The number of aliphatic hydroxyl groups excluding tert-OH is 1. The van der Waals surface area contributed by atoms with Gasteiger partial charge >= 0.3 is 0 Å². The van der Waals surface area contributed by atoms with Gasteiger partial charge in [-0.1, -0.05) is 6.07 Å². The van der Waals surface area contributed by atoms with Crippen molar-refractivity contribution in [1.82, 2.24) is 9.78 Å². The Morgan fingerprint density at radius 1 is 1.32 bits per heavy atom. The highest BCUT2D eigenvalue weighted by molar-refractivity contribution is 5.33. The zero-order chi connectivity index (χ0) is 14.2. The Morgan fingerprint density at radius 2 is 2.00 bits per heavy atom. The van der Waals surface area contributed by atoms with Crippen molar-refractivity contribution in [2.75, 3.05) is 0 Å². The average Bonchev–Trinajstić information content (AvgIpc) is 2.75. The maximum Gasteiger partial charge on any atom is 0.135 e. The minimum atomic E-state index is -1.36. The smallest absolute Gasteiger partial charge is 0.135 e. The molecule has 1 heterocycles. The third-order valence-electron chi connectivity index (χ3n) is 3.11.